The summed E-state index contributed by atoms with van der Waals surface area (Å²) in [5, 5.41) is 5.43. The van der Waals surface area contributed by atoms with Gasteiger partial charge in [0.15, 0.2) is 0 Å². The molecule has 26 heavy (non-hydrogen) atoms. The van der Waals surface area contributed by atoms with E-state index in [9.17, 15) is 22.8 Å². The summed E-state index contributed by atoms with van der Waals surface area (Å²) in [6, 6.07) is 2.84. The van der Waals surface area contributed by atoms with E-state index < -0.39 is 17.8 Å². The van der Waals surface area contributed by atoms with Crippen LogP contribution in [-0.2, 0) is 11.0 Å². The Balaban J connectivity index is 2.03. The summed E-state index contributed by atoms with van der Waals surface area (Å²) in [4.78, 5) is 25.8. The first-order valence-electron chi connectivity index (χ1n) is 8.61. The molecule has 1 aromatic rings. The summed E-state index contributed by atoms with van der Waals surface area (Å²) in [6.07, 6.45) is -2.98. The summed E-state index contributed by atoms with van der Waals surface area (Å²) >= 11 is 0. The first-order chi connectivity index (χ1) is 12.1. The van der Waals surface area contributed by atoms with Crippen molar-refractivity contribution in [3.05, 3.63) is 29.3 Å². The largest absolute Gasteiger partial charge is 0.416 e. The highest BCUT2D eigenvalue weighted by Crippen LogP contribution is 2.32. The number of hydrogen-bond acceptors (Lipinski definition) is 2. The smallest absolute Gasteiger partial charge is 0.351 e. The van der Waals surface area contributed by atoms with Crippen LogP contribution in [0.1, 0.15) is 37.8 Å². The Bertz CT molecular complexity index is 674. The van der Waals surface area contributed by atoms with Gasteiger partial charge >= 0.3 is 12.2 Å². The average molecular weight is 371 g/mol. The zero-order valence-corrected chi connectivity index (χ0v) is 15.1. The third-order valence-corrected chi connectivity index (χ3v) is 4.24. The van der Waals surface area contributed by atoms with E-state index in [2.05, 4.69) is 10.6 Å². The van der Waals surface area contributed by atoms with Gasteiger partial charge in [0.25, 0.3) is 0 Å². The Morgan fingerprint density at radius 2 is 1.92 bits per heavy atom. The molecule has 3 amide bonds. The Hall–Kier alpha value is -2.25. The van der Waals surface area contributed by atoms with Crippen LogP contribution >= 0.6 is 0 Å². The molecule has 2 N–H and O–H groups in total. The summed E-state index contributed by atoms with van der Waals surface area (Å²) in [7, 11) is 0. The molecule has 0 spiro atoms. The normalized spacial score (nSPS) is 18.0. The summed E-state index contributed by atoms with van der Waals surface area (Å²) in [6.45, 7) is 5.96. The van der Waals surface area contributed by atoms with Crippen LogP contribution in [0.5, 0.6) is 0 Å². The van der Waals surface area contributed by atoms with E-state index in [4.69, 9.17) is 0 Å². The van der Waals surface area contributed by atoms with E-state index in [0.29, 0.717) is 18.7 Å². The topological polar surface area (TPSA) is 61.4 Å². The number of piperidine rings is 1. The Kier molecular flexibility index (Phi) is 6.15. The minimum Gasteiger partial charge on any atom is -0.351 e. The third-order valence-electron chi connectivity index (χ3n) is 4.24. The van der Waals surface area contributed by atoms with Crippen LogP contribution in [0, 0.1) is 12.8 Å². The lowest BCUT2D eigenvalue weighted by molar-refractivity contribution is -0.137. The number of nitrogens with zero attached hydrogens (tertiary/aromatic N) is 1. The van der Waals surface area contributed by atoms with Crippen molar-refractivity contribution in [2.24, 2.45) is 5.92 Å². The van der Waals surface area contributed by atoms with E-state index in [1.807, 2.05) is 0 Å². The monoisotopic (exact) mass is 371 g/mol. The third kappa shape index (κ3) is 5.37. The van der Waals surface area contributed by atoms with E-state index >= 15 is 0 Å². The number of hydrogen-bond donors (Lipinski definition) is 2. The summed E-state index contributed by atoms with van der Waals surface area (Å²) in [5.74, 6) is -0.224. The number of anilines is 1. The first kappa shape index (κ1) is 20.1. The van der Waals surface area contributed by atoms with Gasteiger partial charge in [-0.2, -0.15) is 13.2 Å². The van der Waals surface area contributed by atoms with Crippen LogP contribution < -0.4 is 10.6 Å². The molecular weight excluding hydrogens is 347 g/mol. The van der Waals surface area contributed by atoms with Crippen molar-refractivity contribution in [1.29, 1.82) is 0 Å². The molecule has 1 fully saturated rings. The van der Waals surface area contributed by atoms with Gasteiger partial charge < -0.3 is 15.5 Å². The van der Waals surface area contributed by atoms with Gasteiger partial charge in [-0.15, -0.1) is 0 Å². The number of halogens is 3. The molecule has 0 aromatic heterocycles. The predicted octanol–water partition coefficient (Wildman–Crippen LogP) is 3.78. The number of benzene rings is 1. The standard InChI is InChI=1S/C18H24F3N3O2/c1-11(2)16(25)22-14-5-4-6-24(10-14)17(26)23-15-8-12(3)7-13(9-15)18(19,20)21/h7-9,11,14H,4-6,10H2,1-3H3,(H,22,25)(H,23,26)/t14-/m0/s1. The van der Waals surface area contributed by atoms with Gasteiger partial charge in [0, 0.05) is 30.7 Å². The number of likely N-dealkylation sites (tertiary alicyclic amines) is 1. The SMILES string of the molecule is Cc1cc(NC(=O)N2CCC[C@H](NC(=O)C(C)C)C2)cc(C(F)(F)F)c1. The zero-order valence-electron chi connectivity index (χ0n) is 15.1. The van der Waals surface area contributed by atoms with E-state index in [1.165, 1.54) is 11.0 Å². The minimum absolute atomic E-state index is 0.0780. The molecule has 8 heteroatoms. The number of rotatable bonds is 3. The maximum Gasteiger partial charge on any atom is 0.416 e. The lowest BCUT2D eigenvalue weighted by Crippen LogP contribution is -2.51. The molecular formula is C18H24F3N3O2. The van der Waals surface area contributed by atoms with Gasteiger partial charge in [-0.05, 0) is 43.5 Å². The molecule has 0 aliphatic carbocycles. The Morgan fingerprint density at radius 1 is 1.23 bits per heavy atom. The highest BCUT2D eigenvalue weighted by molar-refractivity contribution is 5.89. The van der Waals surface area contributed by atoms with Crippen molar-refractivity contribution in [1.82, 2.24) is 10.2 Å². The molecule has 0 unspecified atom stereocenters. The molecule has 0 radical (unpaired) electrons. The van der Waals surface area contributed by atoms with Gasteiger partial charge in [-0.1, -0.05) is 13.8 Å². The molecule has 5 nitrogen and oxygen atoms in total. The van der Waals surface area contributed by atoms with Gasteiger partial charge in [0.1, 0.15) is 0 Å². The highest BCUT2D eigenvalue weighted by atomic mass is 19.4. The number of aryl methyl sites for hydroxylation is 1. The second-order valence-corrected chi connectivity index (χ2v) is 6.96. The summed E-state index contributed by atoms with van der Waals surface area (Å²) < 4.78 is 38.7. The Labute approximate surface area is 150 Å². The van der Waals surface area contributed by atoms with Crippen LogP contribution in [0.15, 0.2) is 18.2 Å². The fourth-order valence-electron chi connectivity index (χ4n) is 2.87. The van der Waals surface area contributed by atoms with Crippen molar-refractivity contribution in [3.8, 4) is 0 Å². The molecule has 1 aromatic carbocycles. The van der Waals surface area contributed by atoms with Crippen molar-refractivity contribution in [3.63, 3.8) is 0 Å². The van der Waals surface area contributed by atoms with E-state index in [-0.39, 0.29) is 23.6 Å². The molecule has 1 aliphatic rings. The number of alkyl halides is 3. The van der Waals surface area contributed by atoms with Crippen LogP contribution in [0.4, 0.5) is 23.7 Å². The van der Waals surface area contributed by atoms with Gasteiger partial charge in [-0.25, -0.2) is 4.79 Å². The molecule has 0 bridgehead atoms. The lowest BCUT2D eigenvalue weighted by Gasteiger charge is -2.33. The predicted molar refractivity (Wildman–Crippen MR) is 92.8 cm³/mol. The zero-order chi connectivity index (χ0) is 19.5. The fraction of sp³-hybridized carbons (Fsp3) is 0.556. The average Bonchev–Trinajstić information content (AvgIpc) is 2.53. The van der Waals surface area contributed by atoms with Crippen molar-refractivity contribution < 1.29 is 22.8 Å². The maximum absolute atomic E-state index is 12.9. The van der Waals surface area contributed by atoms with Crippen molar-refractivity contribution in [2.75, 3.05) is 18.4 Å². The van der Waals surface area contributed by atoms with Crippen molar-refractivity contribution in [2.45, 2.75) is 45.8 Å². The molecule has 1 aliphatic heterocycles. The van der Waals surface area contributed by atoms with Gasteiger partial charge in [0.2, 0.25) is 5.91 Å². The minimum atomic E-state index is -4.47. The van der Waals surface area contributed by atoms with E-state index in [0.717, 1.165) is 25.0 Å². The molecule has 1 saturated heterocycles. The van der Waals surface area contributed by atoms with Crippen LogP contribution in [0.2, 0.25) is 0 Å². The highest BCUT2D eigenvalue weighted by Gasteiger charge is 2.31. The first-order valence-corrected chi connectivity index (χ1v) is 8.61. The van der Waals surface area contributed by atoms with Gasteiger partial charge in [-0.3, -0.25) is 4.79 Å². The number of amides is 3. The second kappa shape index (κ2) is 7.97. The number of nitrogens with one attached hydrogen (secondary N) is 2. The Morgan fingerprint density at radius 3 is 2.54 bits per heavy atom. The van der Waals surface area contributed by atoms with E-state index in [1.54, 1.807) is 20.8 Å². The van der Waals surface area contributed by atoms with Crippen LogP contribution in [0.25, 0.3) is 0 Å². The molecule has 0 saturated carbocycles. The molecule has 144 valence electrons. The second-order valence-electron chi connectivity index (χ2n) is 6.96. The molecule has 2 rings (SSSR count). The number of carbonyl (C=O) groups is 2. The quantitative estimate of drug-likeness (QED) is 0.849. The summed E-state index contributed by atoms with van der Waals surface area (Å²) in [5.41, 5.74) is -0.278. The molecule has 1 heterocycles. The lowest BCUT2D eigenvalue weighted by atomic mass is 10.0. The van der Waals surface area contributed by atoms with Crippen LogP contribution in [0.3, 0.4) is 0 Å². The number of carbonyl (C=O) groups excluding carboxylic acids is 2. The van der Waals surface area contributed by atoms with Gasteiger partial charge in [0.05, 0.1) is 5.56 Å². The number of urea groups is 1. The fourth-order valence-corrected chi connectivity index (χ4v) is 2.87. The molecule has 1 atom stereocenters. The van der Waals surface area contributed by atoms with Crippen LogP contribution in [-0.4, -0.2) is 36.0 Å². The maximum atomic E-state index is 12.9. The van der Waals surface area contributed by atoms with Crippen molar-refractivity contribution >= 4 is 17.6 Å².